The summed E-state index contributed by atoms with van der Waals surface area (Å²) in [4.78, 5) is 0. The first-order valence-corrected chi connectivity index (χ1v) is 25.2. The topological polar surface area (TPSA) is 278 Å². The van der Waals surface area contributed by atoms with Gasteiger partial charge in [0.05, 0.1) is 37.6 Å². The van der Waals surface area contributed by atoms with Gasteiger partial charge in [0.15, 0.2) is 18.9 Å². The maximum absolute atomic E-state index is 12.5. The zero-order chi connectivity index (χ0) is 47.9. The molecule has 17 nitrogen and oxygen atoms in total. The summed E-state index contributed by atoms with van der Waals surface area (Å²) in [6.45, 7) is 11.6. The third-order valence-electron chi connectivity index (χ3n) is 18.7. The van der Waals surface area contributed by atoms with E-state index in [4.69, 9.17) is 41.0 Å². The van der Waals surface area contributed by atoms with Crippen LogP contribution in [-0.4, -0.2) is 185 Å². The zero-order valence-corrected chi connectivity index (χ0v) is 40.2. The predicted molar refractivity (Wildman–Crippen MR) is 238 cm³/mol. The summed E-state index contributed by atoms with van der Waals surface area (Å²) in [5, 5.41) is 117. The van der Waals surface area contributed by atoms with Gasteiger partial charge in [-0.15, -0.1) is 0 Å². The van der Waals surface area contributed by atoms with Gasteiger partial charge in [0.2, 0.25) is 0 Å². The summed E-state index contributed by atoms with van der Waals surface area (Å²) in [5.74, 6) is 2.14. The van der Waals surface area contributed by atoms with Crippen molar-refractivity contribution in [3.8, 4) is 0 Å². The van der Waals surface area contributed by atoms with E-state index in [0.717, 1.165) is 44.9 Å². The van der Waals surface area contributed by atoms with E-state index in [1.807, 2.05) is 6.92 Å². The molecule has 3 saturated heterocycles. The second kappa shape index (κ2) is 19.8. The minimum Gasteiger partial charge on any atom is -0.394 e. The Balaban J connectivity index is 0.908. The van der Waals surface area contributed by atoms with Crippen LogP contribution in [0.2, 0.25) is 0 Å². The van der Waals surface area contributed by atoms with Gasteiger partial charge in [0, 0.05) is 4.75 Å². The largest absolute Gasteiger partial charge is 0.394 e. The Bertz CT molecular complexity index is 1690. The number of aliphatic hydroxyl groups excluding tert-OH is 10. The summed E-state index contributed by atoms with van der Waals surface area (Å²) in [5.41, 5.74) is 0.519. The van der Waals surface area contributed by atoms with Crippen LogP contribution in [0.1, 0.15) is 99.3 Å². The fourth-order valence-electron chi connectivity index (χ4n) is 14.6. The van der Waals surface area contributed by atoms with Crippen LogP contribution < -0.4 is 0 Å². The molecule has 0 bridgehead atoms. The molecule has 7 fully saturated rings. The van der Waals surface area contributed by atoms with Crippen LogP contribution in [0.25, 0.3) is 0 Å². The number of fused-ring (bicyclic) bond motifs is 7. The van der Waals surface area contributed by atoms with E-state index in [2.05, 4.69) is 33.8 Å². The number of ether oxygens (including phenoxy) is 6. The molecule has 8 rings (SSSR count). The van der Waals surface area contributed by atoms with E-state index in [9.17, 15) is 56.2 Å². The molecular formula is C48H80O17S. The number of aliphatic hydroxyl groups is 11. The van der Waals surface area contributed by atoms with Crippen LogP contribution >= 0.6 is 12.6 Å². The molecule has 0 spiro atoms. The highest BCUT2D eigenvalue weighted by atomic mass is 32.1. The lowest BCUT2D eigenvalue weighted by Gasteiger charge is -2.56. The molecule has 0 radical (unpaired) electrons. The van der Waals surface area contributed by atoms with Gasteiger partial charge in [0.1, 0.15) is 67.1 Å². The van der Waals surface area contributed by atoms with E-state index in [-0.39, 0.29) is 46.5 Å². The summed E-state index contributed by atoms with van der Waals surface area (Å²) in [7, 11) is 0. The van der Waals surface area contributed by atoms with Crippen molar-refractivity contribution in [3.05, 3.63) is 11.6 Å². The third kappa shape index (κ3) is 9.03. The second-order valence-corrected chi connectivity index (χ2v) is 23.3. The molecule has 0 amide bonds. The highest BCUT2D eigenvalue weighted by Gasteiger charge is 2.67. The number of thiol groups is 1. The van der Waals surface area contributed by atoms with E-state index >= 15 is 0 Å². The highest BCUT2D eigenvalue weighted by molar-refractivity contribution is 7.82. The Kier molecular flexibility index (Phi) is 15.5. The molecule has 5 aliphatic carbocycles. The van der Waals surface area contributed by atoms with Crippen molar-refractivity contribution in [2.24, 2.45) is 58.7 Å². The van der Waals surface area contributed by atoms with Crippen LogP contribution in [0.15, 0.2) is 11.6 Å². The van der Waals surface area contributed by atoms with Crippen molar-refractivity contribution in [1.82, 2.24) is 0 Å². The Labute approximate surface area is 394 Å². The van der Waals surface area contributed by atoms with Crippen LogP contribution in [0.5, 0.6) is 0 Å². The van der Waals surface area contributed by atoms with Crippen molar-refractivity contribution >= 4 is 12.6 Å². The molecule has 28 unspecified atom stereocenters. The fourth-order valence-corrected chi connectivity index (χ4v) is 15.3. The fraction of sp³-hybridized carbons (Fsp3) is 0.958. The minimum atomic E-state index is -1.66. The maximum atomic E-state index is 12.5. The number of allylic oxidation sites excluding steroid dienone is 1. The summed E-state index contributed by atoms with van der Waals surface area (Å²) in [6, 6.07) is 0. The van der Waals surface area contributed by atoms with Crippen LogP contribution in [0.3, 0.4) is 0 Å². The first-order chi connectivity index (χ1) is 31.1. The van der Waals surface area contributed by atoms with Gasteiger partial charge >= 0.3 is 0 Å². The van der Waals surface area contributed by atoms with Gasteiger partial charge in [-0.05, 0) is 123 Å². The first kappa shape index (κ1) is 51.8. The van der Waals surface area contributed by atoms with Crippen LogP contribution in [0.4, 0.5) is 0 Å². The van der Waals surface area contributed by atoms with Crippen molar-refractivity contribution < 1.29 is 84.6 Å². The molecule has 3 heterocycles. The van der Waals surface area contributed by atoms with Gasteiger partial charge in [-0.1, -0.05) is 46.3 Å². The van der Waals surface area contributed by atoms with E-state index in [1.165, 1.54) is 12.5 Å². The van der Waals surface area contributed by atoms with Gasteiger partial charge in [0.25, 0.3) is 0 Å². The predicted octanol–water partition coefficient (Wildman–Crippen LogP) is 0.377. The molecule has 380 valence electrons. The average Bonchev–Trinajstić information content (AvgIpc) is 3.67. The SMILES string of the molecule is CC(COC1OC(CO)C(O)C(O)C1O)C(C)CC1(O)CC2CC3C4CC=C5CC(C)C(OC6OC(CO)C(O)C(O)C6OC6OC(C)C(O)C(O)C6O)CCC5(S)C4CCC3(C)C2C1C. The molecule has 0 aromatic carbocycles. The normalized spacial score (nSPS) is 54.9. The molecule has 3 aliphatic heterocycles. The molecule has 0 aromatic heterocycles. The second-order valence-electron chi connectivity index (χ2n) is 22.5. The monoisotopic (exact) mass is 961 g/mol. The lowest BCUT2D eigenvalue weighted by molar-refractivity contribution is -0.370. The Morgan fingerprint density at radius 3 is 2.06 bits per heavy atom. The zero-order valence-electron chi connectivity index (χ0n) is 39.3. The number of hydrogen-bond acceptors (Lipinski definition) is 18. The number of hydrogen-bond donors (Lipinski definition) is 12. The molecule has 8 aliphatic rings. The van der Waals surface area contributed by atoms with Crippen molar-refractivity contribution in [3.63, 3.8) is 0 Å². The van der Waals surface area contributed by atoms with E-state index in [0.29, 0.717) is 42.4 Å². The molecule has 4 saturated carbocycles. The lowest BCUT2D eigenvalue weighted by Crippen LogP contribution is -2.64. The van der Waals surface area contributed by atoms with Crippen molar-refractivity contribution in [2.45, 2.75) is 208 Å². The molecular weight excluding hydrogens is 881 g/mol. The highest BCUT2D eigenvalue weighted by Crippen LogP contribution is 2.71. The Hall–Kier alpha value is -0.590. The standard InChI is InChI=1S/C48H80O17S/c1-20-13-26-7-8-27-28(48(26,66)12-10-30(20)62-45-42(39(56)36(53)32(18-50)64-45)65-44-41(58)37(54)34(51)24(5)61-44)9-11-46(6)29(27)14-25-16-47(59,23(4)33(25)46)15-21(2)22(3)19-60-43-40(57)38(55)35(52)31(17-49)63-43/h7,20-25,27-45,49-59,66H,8-19H2,1-6H3. The quantitative estimate of drug-likeness (QED) is 0.0931. The van der Waals surface area contributed by atoms with Crippen LogP contribution in [-0.2, 0) is 28.4 Å². The Morgan fingerprint density at radius 1 is 0.742 bits per heavy atom. The van der Waals surface area contributed by atoms with E-state index in [1.54, 1.807) is 0 Å². The summed E-state index contributed by atoms with van der Waals surface area (Å²) >= 11 is 5.64. The summed E-state index contributed by atoms with van der Waals surface area (Å²) < 4.78 is 35.5. The first-order valence-electron chi connectivity index (χ1n) is 24.8. The minimum absolute atomic E-state index is 0.00113. The number of rotatable bonds is 12. The smallest absolute Gasteiger partial charge is 0.187 e. The Morgan fingerprint density at radius 2 is 1.38 bits per heavy atom. The maximum Gasteiger partial charge on any atom is 0.187 e. The van der Waals surface area contributed by atoms with Gasteiger partial charge in [-0.25, -0.2) is 0 Å². The average molecular weight is 961 g/mol. The van der Waals surface area contributed by atoms with Gasteiger partial charge in [-0.3, -0.25) is 0 Å². The van der Waals surface area contributed by atoms with Gasteiger partial charge in [-0.2, -0.15) is 12.6 Å². The van der Waals surface area contributed by atoms with Crippen molar-refractivity contribution in [1.29, 1.82) is 0 Å². The van der Waals surface area contributed by atoms with E-state index < -0.39 is 111 Å². The van der Waals surface area contributed by atoms with Crippen LogP contribution in [0, 0.1) is 58.7 Å². The van der Waals surface area contributed by atoms with Gasteiger partial charge < -0.3 is 84.6 Å². The molecule has 66 heavy (non-hydrogen) atoms. The van der Waals surface area contributed by atoms with Crippen molar-refractivity contribution in [2.75, 3.05) is 19.8 Å². The molecule has 0 aromatic rings. The lowest BCUT2D eigenvalue weighted by atomic mass is 9.51. The third-order valence-corrected chi connectivity index (χ3v) is 19.6. The molecule has 11 N–H and O–H groups in total. The molecule has 28 atom stereocenters. The summed E-state index contributed by atoms with van der Waals surface area (Å²) in [6.07, 6.45) is -11.0. The molecule has 18 heteroatoms.